The largest absolute Gasteiger partial charge is 0.449 e. The fourth-order valence-corrected chi connectivity index (χ4v) is 1.33. The van der Waals surface area contributed by atoms with Crippen molar-refractivity contribution in [3.63, 3.8) is 0 Å². The number of aliphatic hydroxyl groups excluding tert-OH is 1. The third-order valence-electron chi connectivity index (χ3n) is 2.06. The van der Waals surface area contributed by atoms with Gasteiger partial charge in [0, 0.05) is 12.6 Å². The highest BCUT2D eigenvalue weighted by Crippen LogP contribution is 2.17. The zero-order valence-corrected chi connectivity index (χ0v) is 9.43. The van der Waals surface area contributed by atoms with Crippen LogP contribution < -0.4 is 10.4 Å². The predicted octanol–water partition coefficient (Wildman–Crippen LogP) is 1.28. The summed E-state index contributed by atoms with van der Waals surface area (Å²) < 4.78 is 4.75. The number of hydrazine groups is 1. The molecular weight excluding hydrogens is 208 g/mol. The monoisotopic (exact) mass is 224 g/mol. The molecule has 0 saturated carbocycles. The summed E-state index contributed by atoms with van der Waals surface area (Å²) in [6.45, 7) is 1.98. The molecule has 1 aromatic rings. The topological polar surface area (TPSA) is 61.8 Å². The molecule has 0 aromatic heterocycles. The van der Waals surface area contributed by atoms with Gasteiger partial charge in [-0.3, -0.25) is 5.01 Å². The van der Waals surface area contributed by atoms with Gasteiger partial charge in [0.15, 0.2) is 0 Å². The summed E-state index contributed by atoms with van der Waals surface area (Å²) in [5.74, 6) is 0. The number of aliphatic hydroxyl groups is 1. The smallest absolute Gasteiger partial charge is 0.426 e. The number of ether oxygens (including phenoxy) is 1. The van der Waals surface area contributed by atoms with Crippen LogP contribution in [-0.4, -0.2) is 24.9 Å². The molecule has 16 heavy (non-hydrogen) atoms. The summed E-state index contributed by atoms with van der Waals surface area (Å²) in [6.07, 6.45) is -0.516. The van der Waals surface area contributed by atoms with Gasteiger partial charge >= 0.3 is 6.09 Å². The van der Waals surface area contributed by atoms with Crippen LogP contribution in [0.2, 0.25) is 0 Å². The first kappa shape index (κ1) is 12.3. The summed E-state index contributed by atoms with van der Waals surface area (Å²) >= 11 is 0. The van der Waals surface area contributed by atoms with Gasteiger partial charge in [0.25, 0.3) is 0 Å². The minimum atomic E-state index is -0.516. The zero-order valence-electron chi connectivity index (χ0n) is 9.43. The van der Waals surface area contributed by atoms with Gasteiger partial charge in [-0.25, -0.2) is 10.2 Å². The van der Waals surface area contributed by atoms with Crippen LogP contribution in [0.5, 0.6) is 0 Å². The van der Waals surface area contributed by atoms with Crippen molar-refractivity contribution >= 4 is 11.8 Å². The Morgan fingerprint density at radius 2 is 2.19 bits per heavy atom. The van der Waals surface area contributed by atoms with Crippen LogP contribution >= 0.6 is 0 Å². The van der Waals surface area contributed by atoms with Gasteiger partial charge in [0.05, 0.1) is 18.9 Å². The molecule has 0 aliphatic carbocycles. The lowest BCUT2D eigenvalue weighted by atomic mass is 10.2. The average molecular weight is 224 g/mol. The molecule has 0 spiro atoms. The molecule has 0 bridgehead atoms. The highest BCUT2D eigenvalue weighted by atomic mass is 16.6. The lowest BCUT2D eigenvalue weighted by molar-refractivity contribution is 0.151. The molecule has 0 saturated heterocycles. The molecule has 1 amide bonds. The van der Waals surface area contributed by atoms with Crippen LogP contribution in [0.25, 0.3) is 0 Å². The fourth-order valence-electron chi connectivity index (χ4n) is 1.33. The van der Waals surface area contributed by atoms with E-state index < -0.39 is 6.09 Å². The normalized spacial score (nSPS) is 9.69. The van der Waals surface area contributed by atoms with Crippen LogP contribution in [0.4, 0.5) is 10.5 Å². The van der Waals surface area contributed by atoms with Gasteiger partial charge in [-0.05, 0) is 13.0 Å². The van der Waals surface area contributed by atoms with Crippen molar-refractivity contribution in [2.45, 2.75) is 13.5 Å². The Hall–Kier alpha value is -1.75. The summed E-state index contributed by atoms with van der Waals surface area (Å²) in [6, 6.07) is 7.25. The Morgan fingerprint density at radius 1 is 1.50 bits per heavy atom. The Bertz CT molecular complexity index is 355. The molecular formula is C11H16N2O3. The number of hydrogen-bond donors (Lipinski definition) is 2. The first-order valence-electron chi connectivity index (χ1n) is 5.05. The van der Waals surface area contributed by atoms with E-state index in [0.717, 1.165) is 11.3 Å². The molecule has 0 aliphatic heterocycles. The Kier molecular flexibility index (Phi) is 4.60. The lowest BCUT2D eigenvalue weighted by Crippen LogP contribution is -2.40. The van der Waals surface area contributed by atoms with Crippen molar-refractivity contribution in [1.29, 1.82) is 0 Å². The van der Waals surface area contributed by atoms with Crippen LogP contribution in [0.1, 0.15) is 12.5 Å². The van der Waals surface area contributed by atoms with Crippen LogP contribution in [0.3, 0.4) is 0 Å². The van der Waals surface area contributed by atoms with Crippen LogP contribution in [-0.2, 0) is 11.3 Å². The van der Waals surface area contributed by atoms with E-state index in [9.17, 15) is 4.79 Å². The van der Waals surface area contributed by atoms with Crippen molar-refractivity contribution in [1.82, 2.24) is 5.43 Å². The first-order valence-corrected chi connectivity index (χ1v) is 5.05. The van der Waals surface area contributed by atoms with Crippen molar-refractivity contribution in [2.24, 2.45) is 0 Å². The Labute approximate surface area is 94.6 Å². The molecule has 1 rings (SSSR count). The number of benzene rings is 1. The molecule has 5 nitrogen and oxygen atoms in total. The number of carbonyl (C=O) groups excluding carboxylic acids is 1. The molecule has 0 radical (unpaired) electrons. The zero-order chi connectivity index (χ0) is 12.0. The molecule has 0 heterocycles. The molecule has 0 unspecified atom stereocenters. The summed E-state index contributed by atoms with van der Waals surface area (Å²) in [5.41, 5.74) is 4.00. The number of rotatable bonds is 4. The number of anilines is 1. The molecule has 0 atom stereocenters. The minimum Gasteiger partial charge on any atom is -0.449 e. The SMILES string of the molecule is CCOC(=O)NN(C)c1ccccc1CO. The van der Waals surface area contributed by atoms with Gasteiger partial charge in [0.2, 0.25) is 0 Å². The van der Waals surface area contributed by atoms with Gasteiger partial charge in [0.1, 0.15) is 0 Å². The van der Waals surface area contributed by atoms with Crippen LogP contribution in [0, 0.1) is 0 Å². The van der Waals surface area contributed by atoms with Gasteiger partial charge in [-0.15, -0.1) is 0 Å². The van der Waals surface area contributed by atoms with E-state index in [1.807, 2.05) is 12.1 Å². The number of para-hydroxylation sites is 1. The maximum atomic E-state index is 11.2. The van der Waals surface area contributed by atoms with E-state index in [1.165, 1.54) is 5.01 Å². The molecule has 88 valence electrons. The third kappa shape index (κ3) is 3.13. The van der Waals surface area contributed by atoms with Gasteiger partial charge < -0.3 is 9.84 Å². The number of nitrogens with one attached hydrogen (secondary N) is 1. The Morgan fingerprint density at radius 3 is 2.81 bits per heavy atom. The molecule has 1 aromatic carbocycles. The van der Waals surface area contributed by atoms with Crippen LogP contribution in [0.15, 0.2) is 24.3 Å². The fraction of sp³-hybridized carbons (Fsp3) is 0.364. The summed E-state index contributed by atoms with van der Waals surface area (Å²) in [7, 11) is 1.69. The lowest BCUT2D eigenvalue weighted by Gasteiger charge is -2.21. The van der Waals surface area contributed by atoms with E-state index in [4.69, 9.17) is 9.84 Å². The number of nitrogens with zero attached hydrogens (tertiary/aromatic N) is 1. The van der Waals surface area contributed by atoms with Gasteiger partial charge in [-0.2, -0.15) is 0 Å². The second kappa shape index (κ2) is 5.97. The molecule has 0 aliphatic rings. The predicted molar refractivity (Wildman–Crippen MR) is 60.9 cm³/mol. The average Bonchev–Trinajstić information content (AvgIpc) is 2.29. The minimum absolute atomic E-state index is 0.0784. The maximum Gasteiger partial charge on any atom is 0.426 e. The highest BCUT2D eigenvalue weighted by molar-refractivity contribution is 5.70. The number of hydrogen-bond acceptors (Lipinski definition) is 4. The number of amides is 1. The summed E-state index contributed by atoms with van der Waals surface area (Å²) in [5, 5.41) is 10.7. The van der Waals surface area contributed by atoms with Crippen molar-refractivity contribution in [3.8, 4) is 0 Å². The third-order valence-corrected chi connectivity index (χ3v) is 2.06. The molecule has 5 heteroatoms. The van der Waals surface area contributed by atoms with Crippen molar-refractivity contribution in [2.75, 3.05) is 18.7 Å². The van der Waals surface area contributed by atoms with Crippen molar-refractivity contribution in [3.05, 3.63) is 29.8 Å². The highest BCUT2D eigenvalue weighted by Gasteiger charge is 2.09. The first-order chi connectivity index (χ1) is 7.69. The number of carbonyl (C=O) groups is 1. The second-order valence-electron chi connectivity index (χ2n) is 3.18. The van der Waals surface area contributed by atoms with E-state index in [2.05, 4.69) is 5.43 Å². The molecule has 2 N–H and O–H groups in total. The Balaban J connectivity index is 2.72. The van der Waals surface area contributed by atoms with Crippen molar-refractivity contribution < 1.29 is 14.6 Å². The molecule has 0 fully saturated rings. The van der Waals surface area contributed by atoms with E-state index in [-0.39, 0.29) is 6.61 Å². The van der Waals surface area contributed by atoms with Gasteiger partial charge in [-0.1, -0.05) is 18.2 Å². The van der Waals surface area contributed by atoms with E-state index in [0.29, 0.717) is 6.61 Å². The second-order valence-corrected chi connectivity index (χ2v) is 3.18. The standard InChI is InChI=1S/C11H16N2O3/c1-3-16-11(15)12-13(2)10-7-5-4-6-9(10)8-14/h4-7,14H,3,8H2,1-2H3,(H,12,15). The quantitative estimate of drug-likeness (QED) is 0.756. The van der Waals surface area contributed by atoms with E-state index in [1.54, 1.807) is 26.1 Å². The summed E-state index contributed by atoms with van der Waals surface area (Å²) in [4.78, 5) is 11.2. The van der Waals surface area contributed by atoms with E-state index >= 15 is 0 Å². The maximum absolute atomic E-state index is 11.2.